The summed E-state index contributed by atoms with van der Waals surface area (Å²) >= 11 is 0. The Hall–Kier alpha value is -3.03. The lowest BCUT2D eigenvalue weighted by molar-refractivity contribution is 0.0705. The van der Waals surface area contributed by atoms with Gasteiger partial charge >= 0.3 is 0 Å². The molecule has 3 heterocycles. The Kier molecular flexibility index (Phi) is 4.70. The average Bonchev–Trinajstić information content (AvgIpc) is 3.32. The summed E-state index contributed by atoms with van der Waals surface area (Å²) in [5, 5.41) is 0. The summed E-state index contributed by atoms with van der Waals surface area (Å²) in [4.78, 5) is 32.7. The second-order valence-corrected chi connectivity index (χ2v) is 7.29. The molecule has 0 bridgehead atoms. The Morgan fingerprint density at radius 2 is 1.86 bits per heavy atom. The van der Waals surface area contributed by atoms with Crippen molar-refractivity contribution in [3.05, 3.63) is 41.1 Å². The zero-order chi connectivity index (χ0) is 19.8. The molecule has 8 nitrogen and oxygen atoms in total. The largest absolute Gasteiger partial charge is 0.454 e. The molecule has 2 aromatic rings. The maximum absolute atomic E-state index is 12.8. The smallest absolute Gasteiger partial charge is 0.275 e. The van der Waals surface area contributed by atoms with Gasteiger partial charge in [0.25, 0.3) is 11.8 Å². The van der Waals surface area contributed by atoms with Crippen LogP contribution >= 0.6 is 0 Å². The fourth-order valence-electron chi connectivity index (χ4n) is 3.54. The average molecular weight is 385 g/mol. The van der Waals surface area contributed by atoms with E-state index in [0.29, 0.717) is 47.5 Å². The first-order valence-corrected chi connectivity index (χ1v) is 9.32. The van der Waals surface area contributed by atoms with E-state index >= 15 is 0 Å². The van der Waals surface area contributed by atoms with Crippen LogP contribution in [0.3, 0.4) is 0 Å². The molecule has 0 N–H and O–H groups in total. The molecule has 0 saturated carbocycles. The number of nitrogens with zero attached hydrogens (tertiary/aromatic N) is 3. The molecule has 1 saturated heterocycles. The van der Waals surface area contributed by atoms with Gasteiger partial charge in [-0.15, -0.1) is 0 Å². The summed E-state index contributed by atoms with van der Waals surface area (Å²) in [6.45, 7) is 3.16. The minimum atomic E-state index is -0.164. The molecular formula is C20H23N3O5. The molecule has 1 fully saturated rings. The molecule has 2 aliphatic heterocycles. The van der Waals surface area contributed by atoms with Crippen LogP contribution in [0.5, 0.6) is 11.5 Å². The summed E-state index contributed by atoms with van der Waals surface area (Å²) < 4.78 is 16.4. The van der Waals surface area contributed by atoms with Gasteiger partial charge in [0.1, 0.15) is 5.76 Å². The normalized spacial score (nSPS) is 16.3. The highest BCUT2D eigenvalue weighted by Gasteiger charge is 2.30. The van der Waals surface area contributed by atoms with E-state index in [2.05, 4.69) is 4.98 Å². The number of amides is 2. The van der Waals surface area contributed by atoms with E-state index in [4.69, 9.17) is 13.9 Å². The van der Waals surface area contributed by atoms with Gasteiger partial charge in [-0.05, 0) is 38.0 Å². The standard InChI is InChI=1S/C20H23N3O5/c1-12-17(20(25)22(2)3)21-18(28-12)13-6-8-23(9-7-13)19(24)14-4-5-15-16(10-14)27-11-26-15/h4-5,10,13H,6-9,11H2,1-3H3. The van der Waals surface area contributed by atoms with Crippen molar-refractivity contribution < 1.29 is 23.5 Å². The molecule has 2 aliphatic rings. The second kappa shape index (κ2) is 7.18. The van der Waals surface area contributed by atoms with Crippen LogP contribution in [0.25, 0.3) is 0 Å². The number of oxazole rings is 1. The number of aromatic nitrogens is 1. The first-order chi connectivity index (χ1) is 13.4. The van der Waals surface area contributed by atoms with E-state index in [0.717, 1.165) is 12.8 Å². The quantitative estimate of drug-likeness (QED) is 0.807. The molecule has 4 rings (SSSR count). The van der Waals surface area contributed by atoms with Crippen LogP contribution in [0.2, 0.25) is 0 Å². The molecule has 148 valence electrons. The number of fused-ring (bicyclic) bond motifs is 1. The number of ether oxygens (including phenoxy) is 2. The van der Waals surface area contributed by atoms with Crippen LogP contribution in [0.4, 0.5) is 0 Å². The number of hydrogen-bond donors (Lipinski definition) is 0. The topological polar surface area (TPSA) is 85.1 Å². The van der Waals surface area contributed by atoms with Gasteiger partial charge in [0.2, 0.25) is 6.79 Å². The Morgan fingerprint density at radius 1 is 1.14 bits per heavy atom. The lowest BCUT2D eigenvalue weighted by Gasteiger charge is -2.30. The van der Waals surface area contributed by atoms with Crippen molar-refractivity contribution in [3.8, 4) is 11.5 Å². The van der Waals surface area contributed by atoms with E-state index in [1.165, 1.54) is 4.90 Å². The van der Waals surface area contributed by atoms with Crippen LogP contribution in [-0.4, -0.2) is 60.6 Å². The summed E-state index contributed by atoms with van der Waals surface area (Å²) in [5.74, 6) is 2.30. The predicted octanol–water partition coefficient (Wildman–Crippen LogP) is 2.43. The summed E-state index contributed by atoms with van der Waals surface area (Å²) in [6.07, 6.45) is 1.48. The Morgan fingerprint density at radius 3 is 2.57 bits per heavy atom. The monoisotopic (exact) mass is 385 g/mol. The number of aryl methyl sites for hydroxylation is 1. The van der Waals surface area contributed by atoms with Gasteiger partial charge in [0.15, 0.2) is 23.1 Å². The van der Waals surface area contributed by atoms with Gasteiger partial charge in [-0.25, -0.2) is 4.98 Å². The van der Waals surface area contributed by atoms with Gasteiger partial charge in [-0.3, -0.25) is 9.59 Å². The van der Waals surface area contributed by atoms with Crippen LogP contribution in [-0.2, 0) is 0 Å². The predicted molar refractivity (Wildman–Crippen MR) is 99.7 cm³/mol. The molecule has 0 radical (unpaired) electrons. The molecule has 1 aromatic heterocycles. The molecule has 0 atom stereocenters. The van der Waals surface area contributed by atoms with Crippen LogP contribution < -0.4 is 9.47 Å². The van der Waals surface area contributed by atoms with Crippen molar-refractivity contribution in [1.82, 2.24) is 14.8 Å². The third-order valence-corrected chi connectivity index (χ3v) is 5.17. The first kappa shape index (κ1) is 18.3. The van der Waals surface area contributed by atoms with E-state index in [1.54, 1.807) is 39.2 Å². The van der Waals surface area contributed by atoms with Crippen molar-refractivity contribution in [1.29, 1.82) is 0 Å². The second-order valence-electron chi connectivity index (χ2n) is 7.29. The van der Waals surface area contributed by atoms with Crippen molar-refractivity contribution in [2.75, 3.05) is 34.0 Å². The lowest BCUT2D eigenvalue weighted by atomic mass is 9.96. The summed E-state index contributed by atoms with van der Waals surface area (Å²) in [6, 6.07) is 5.26. The lowest BCUT2D eigenvalue weighted by Crippen LogP contribution is -2.38. The Labute approximate surface area is 163 Å². The third-order valence-electron chi connectivity index (χ3n) is 5.17. The van der Waals surface area contributed by atoms with Gasteiger partial charge in [-0.2, -0.15) is 0 Å². The number of rotatable bonds is 3. The maximum Gasteiger partial charge on any atom is 0.275 e. The van der Waals surface area contributed by atoms with Gasteiger partial charge in [0.05, 0.1) is 0 Å². The summed E-state index contributed by atoms with van der Waals surface area (Å²) in [5.41, 5.74) is 0.951. The Bertz CT molecular complexity index is 913. The van der Waals surface area contributed by atoms with Crippen molar-refractivity contribution in [2.45, 2.75) is 25.7 Å². The molecule has 0 aliphatic carbocycles. The van der Waals surface area contributed by atoms with Crippen molar-refractivity contribution in [3.63, 3.8) is 0 Å². The van der Waals surface area contributed by atoms with Crippen molar-refractivity contribution in [2.24, 2.45) is 0 Å². The number of benzene rings is 1. The zero-order valence-corrected chi connectivity index (χ0v) is 16.2. The Balaban J connectivity index is 1.41. The molecule has 2 amide bonds. The van der Waals surface area contributed by atoms with Crippen LogP contribution in [0, 0.1) is 6.92 Å². The minimum absolute atomic E-state index is 0.0243. The molecule has 0 spiro atoms. The number of likely N-dealkylation sites (tertiary alicyclic amines) is 1. The first-order valence-electron chi connectivity index (χ1n) is 9.32. The third kappa shape index (κ3) is 3.30. The number of carbonyl (C=O) groups excluding carboxylic acids is 2. The highest BCUT2D eigenvalue weighted by molar-refractivity contribution is 5.95. The number of hydrogen-bond acceptors (Lipinski definition) is 6. The fraction of sp³-hybridized carbons (Fsp3) is 0.450. The van der Waals surface area contributed by atoms with Crippen LogP contribution in [0.1, 0.15) is 51.3 Å². The minimum Gasteiger partial charge on any atom is -0.454 e. The molecule has 1 aromatic carbocycles. The van der Waals surface area contributed by atoms with E-state index in [-0.39, 0.29) is 24.5 Å². The highest BCUT2D eigenvalue weighted by Crippen LogP contribution is 2.34. The number of carbonyl (C=O) groups is 2. The summed E-state index contributed by atoms with van der Waals surface area (Å²) in [7, 11) is 3.38. The van der Waals surface area contributed by atoms with E-state index in [1.807, 2.05) is 4.90 Å². The van der Waals surface area contributed by atoms with Gasteiger partial charge in [0, 0.05) is 38.7 Å². The van der Waals surface area contributed by atoms with Gasteiger partial charge < -0.3 is 23.7 Å². The SMILES string of the molecule is Cc1oc(C2CCN(C(=O)c3ccc4c(c3)OCO4)CC2)nc1C(=O)N(C)C. The fourth-order valence-corrected chi connectivity index (χ4v) is 3.54. The molecule has 8 heteroatoms. The molecule has 28 heavy (non-hydrogen) atoms. The number of piperidine rings is 1. The van der Waals surface area contributed by atoms with Crippen molar-refractivity contribution >= 4 is 11.8 Å². The zero-order valence-electron chi connectivity index (χ0n) is 16.2. The van der Waals surface area contributed by atoms with Crippen LogP contribution in [0.15, 0.2) is 22.6 Å². The van der Waals surface area contributed by atoms with Gasteiger partial charge in [-0.1, -0.05) is 0 Å². The van der Waals surface area contributed by atoms with E-state index < -0.39 is 0 Å². The molecule has 0 unspecified atom stereocenters. The molecular weight excluding hydrogens is 362 g/mol. The maximum atomic E-state index is 12.8. The van der Waals surface area contributed by atoms with E-state index in [9.17, 15) is 9.59 Å². The highest BCUT2D eigenvalue weighted by atomic mass is 16.7.